The molecule has 0 aliphatic carbocycles. The van der Waals surface area contributed by atoms with E-state index in [0.717, 1.165) is 59.4 Å². The van der Waals surface area contributed by atoms with Gasteiger partial charge in [0.1, 0.15) is 6.04 Å². The van der Waals surface area contributed by atoms with Crippen LogP contribution < -0.4 is 26.6 Å². The van der Waals surface area contributed by atoms with Gasteiger partial charge in [0.25, 0.3) is 5.91 Å². The molecule has 1 saturated heterocycles. The van der Waals surface area contributed by atoms with Crippen LogP contribution in [-0.4, -0.2) is 75.0 Å². The molecule has 62 heavy (non-hydrogen) atoms. The SMILES string of the molecule is Cc1ncsc1-c1ccc(CNC(=O)[C@@H]2C[C@@H](O)CN2C(=O)C(NCCCCCCCC(=O)Nc2ccc(NC(=S)NC(=O)c3ccc(C(C)(C)C)cc3)cc2)C(C)(C)C)cc1. The van der Waals surface area contributed by atoms with Crippen LogP contribution in [-0.2, 0) is 26.3 Å². The fourth-order valence-electron chi connectivity index (χ4n) is 7.40. The van der Waals surface area contributed by atoms with Crippen molar-refractivity contribution in [2.75, 3.05) is 23.7 Å². The summed E-state index contributed by atoms with van der Waals surface area (Å²) in [6.45, 7) is 15.4. The Morgan fingerprint density at radius 2 is 1.48 bits per heavy atom. The number of anilines is 2. The first-order chi connectivity index (χ1) is 29.4. The zero-order chi connectivity index (χ0) is 45.0. The van der Waals surface area contributed by atoms with E-state index in [9.17, 15) is 24.3 Å². The van der Waals surface area contributed by atoms with E-state index < -0.39 is 23.6 Å². The van der Waals surface area contributed by atoms with Crippen molar-refractivity contribution in [2.45, 2.75) is 124 Å². The molecule has 6 N–H and O–H groups in total. The molecule has 4 amide bonds. The molecule has 14 heteroatoms. The first-order valence-corrected chi connectivity index (χ1v) is 22.8. The van der Waals surface area contributed by atoms with Crippen LogP contribution in [0.15, 0.2) is 78.3 Å². The Labute approximate surface area is 376 Å². The smallest absolute Gasteiger partial charge is 0.257 e. The van der Waals surface area contributed by atoms with Gasteiger partial charge in [-0.25, -0.2) is 4.98 Å². The second-order valence-electron chi connectivity index (χ2n) is 18.2. The summed E-state index contributed by atoms with van der Waals surface area (Å²) in [6, 6.07) is 21.4. The molecular weight excluding hydrogens is 819 g/mol. The van der Waals surface area contributed by atoms with Gasteiger partial charge in [0.15, 0.2) is 5.11 Å². The molecule has 2 heterocycles. The number of aliphatic hydroxyl groups is 1. The predicted molar refractivity (Wildman–Crippen MR) is 253 cm³/mol. The molecule has 1 unspecified atom stereocenters. The summed E-state index contributed by atoms with van der Waals surface area (Å²) in [5.41, 5.74) is 7.43. The van der Waals surface area contributed by atoms with Crippen LogP contribution in [0.4, 0.5) is 11.4 Å². The summed E-state index contributed by atoms with van der Waals surface area (Å²) >= 11 is 6.94. The first kappa shape index (κ1) is 48.0. The second kappa shape index (κ2) is 21.9. The van der Waals surface area contributed by atoms with Crippen molar-refractivity contribution < 1.29 is 24.3 Å². The largest absolute Gasteiger partial charge is 0.391 e. The lowest BCUT2D eigenvalue weighted by Crippen LogP contribution is -2.56. The molecule has 0 radical (unpaired) electrons. The Morgan fingerprint density at radius 3 is 2.10 bits per heavy atom. The van der Waals surface area contributed by atoms with Crippen LogP contribution in [0.25, 0.3) is 10.4 Å². The molecule has 12 nitrogen and oxygen atoms in total. The fraction of sp³-hybridized carbons (Fsp3) is 0.458. The van der Waals surface area contributed by atoms with Crippen LogP contribution in [0.2, 0.25) is 0 Å². The minimum Gasteiger partial charge on any atom is -0.391 e. The maximum Gasteiger partial charge on any atom is 0.257 e. The number of β-amino-alcohol motifs (C(OH)–C–C–N with tert-alkyl or cyclic N) is 1. The van der Waals surface area contributed by atoms with Crippen molar-refractivity contribution in [1.82, 2.24) is 25.8 Å². The molecule has 1 aliphatic rings. The van der Waals surface area contributed by atoms with Crippen LogP contribution >= 0.6 is 23.6 Å². The van der Waals surface area contributed by atoms with Crippen molar-refractivity contribution in [3.63, 3.8) is 0 Å². The highest BCUT2D eigenvalue weighted by Crippen LogP contribution is 2.29. The van der Waals surface area contributed by atoms with Gasteiger partial charge in [-0.3, -0.25) is 24.5 Å². The number of thiocarbonyl (C=S) groups is 1. The van der Waals surface area contributed by atoms with Crippen molar-refractivity contribution >= 4 is 63.7 Å². The molecule has 1 aliphatic heterocycles. The number of amides is 4. The van der Waals surface area contributed by atoms with Crippen molar-refractivity contribution in [3.05, 3.63) is 101 Å². The number of thiazole rings is 1. The molecule has 0 spiro atoms. The third-order valence-corrected chi connectivity index (χ3v) is 12.2. The number of carbonyl (C=O) groups is 4. The molecule has 332 valence electrons. The van der Waals surface area contributed by atoms with Crippen LogP contribution in [0.5, 0.6) is 0 Å². The minimum absolute atomic E-state index is 0.00401. The summed E-state index contributed by atoms with van der Waals surface area (Å²) < 4.78 is 0. The second-order valence-corrected chi connectivity index (χ2v) is 19.5. The number of unbranched alkanes of at least 4 members (excludes halogenated alkanes) is 4. The molecular formula is C48H63N7O5S2. The quantitative estimate of drug-likeness (QED) is 0.0454. The lowest BCUT2D eigenvalue weighted by atomic mass is 9.85. The monoisotopic (exact) mass is 881 g/mol. The van der Waals surface area contributed by atoms with Gasteiger partial charge in [-0.15, -0.1) is 11.3 Å². The fourth-order valence-corrected chi connectivity index (χ4v) is 8.42. The minimum atomic E-state index is -0.767. The van der Waals surface area contributed by atoms with Crippen LogP contribution in [0.3, 0.4) is 0 Å². The highest BCUT2D eigenvalue weighted by atomic mass is 32.1. The van der Waals surface area contributed by atoms with Crippen LogP contribution in [0.1, 0.15) is 114 Å². The van der Waals surface area contributed by atoms with Gasteiger partial charge < -0.3 is 31.3 Å². The summed E-state index contributed by atoms with van der Waals surface area (Å²) in [6.07, 6.45) is 4.25. The highest BCUT2D eigenvalue weighted by Gasteiger charge is 2.43. The maximum absolute atomic E-state index is 14.0. The number of nitrogens with one attached hydrogen (secondary N) is 5. The number of benzene rings is 3. The average molecular weight is 882 g/mol. The van der Waals surface area contributed by atoms with E-state index in [1.165, 1.54) is 0 Å². The number of rotatable bonds is 17. The van der Waals surface area contributed by atoms with Crippen molar-refractivity contribution in [1.29, 1.82) is 0 Å². The molecule has 5 rings (SSSR count). The Morgan fingerprint density at radius 1 is 0.855 bits per heavy atom. The normalized spacial score (nSPS) is 15.8. The molecule has 3 aromatic carbocycles. The Hall–Kier alpha value is -5.02. The maximum atomic E-state index is 14.0. The molecule has 0 bridgehead atoms. The van der Waals surface area contributed by atoms with Gasteiger partial charge in [0, 0.05) is 42.9 Å². The van der Waals surface area contributed by atoms with Gasteiger partial charge in [-0.1, -0.05) is 97.2 Å². The standard InChI is InChI=1S/C48H63N7O5S2/c1-31-41(62-30-51-31)33-16-14-32(15-17-33)28-50-44(59)39-27-38(56)29-55(39)45(60)42(48(5,6)7)49-26-12-10-8-9-11-13-40(57)52-36-22-24-37(25-23-36)53-46(61)54-43(58)34-18-20-35(21-19-34)47(2,3)4/h14-25,30,38-39,42,49,56H,8-13,26-29H2,1-7H3,(H,50,59)(H,52,57)(H2,53,54,58,61)/t38-,39+,42?/m1/s1. The zero-order valence-corrected chi connectivity index (χ0v) is 38.7. The summed E-state index contributed by atoms with van der Waals surface area (Å²) in [5.74, 6) is -0.804. The molecule has 0 saturated carbocycles. The van der Waals surface area contributed by atoms with Gasteiger partial charge in [0.2, 0.25) is 17.7 Å². The first-order valence-electron chi connectivity index (χ1n) is 21.5. The van der Waals surface area contributed by atoms with Gasteiger partial charge in [-0.05, 0) is 102 Å². The lowest BCUT2D eigenvalue weighted by molar-refractivity contribution is -0.142. The number of aliphatic hydroxyl groups excluding tert-OH is 1. The lowest BCUT2D eigenvalue weighted by Gasteiger charge is -2.35. The summed E-state index contributed by atoms with van der Waals surface area (Å²) in [5, 5.41) is 25.9. The van der Waals surface area contributed by atoms with E-state index in [1.807, 2.05) is 69.6 Å². The molecule has 4 aromatic rings. The van der Waals surface area contributed by atoms with Crippen LogP contribution in [0, 0.1) is 12.3 Å². The summed E-state index contributed by atoms with van der Waals surface area (Å²) in [4.78, 5) is 59.7. The Balaban J connectivity index is 0.971. The van der Waals surface area contributed by atoms with E-state index in [-0.39, 0.29) is 47.1 Å². The Bertz CT molecular complexity index is 2140. The third kappa shape index (κ3) is 14.0. The molecule has 1 aromatic heterocycles. The number of carbonyl (C=O) groups excluding carboxylic acids is 4. The van der Waals surface area contributed by atoms with Gasteiger partial charge in [0.05, 0.1) is 28.2 Å². The number of aromatic nitrogens is 1. The molecule has 3 atom stereocenters. The van der Waals surface area contributed by atoms with Crippen molar-refractivity contribution in [2.24, 2.45) is 5.41 Å². The van der Waals surface area contributed by atoms with Gasteiger partial charge in [-0.2, -0.15) is 0 Å². The number of nitrogens with zero attached hydrogens (tertiary/aromatic N) is 2. The Kier molecular flexibility index (Phi) is 16.9. The topological polar surface area (TPSA) is 165 Å². The van der Waals surface area contributed by atoms with Gasteiger partial charge >= 0.3 is 0 Å². The summed E-state index contributed by atoms with van der Waals surface area (Å²) in [7, 11) is 0. The predicted octanol–water partition coefficient (Wildman–Crippen LogP) is 8.10. The van der Waals surface area contributed by atoms with E-state index >= 15 is 0 Å². The van der Waals surface area contributed by atoms with E-state index in [4.69, 9.17) is 12.2 Å². The highest BCUT2D eigenvalue weighted by molar-refractivity contribution is 7.80. The number of hydrogen-bond acceptors (Lipinski definition) is 9. The van der Waals surface area contributed by atoms with E-state index in [1.54, 1.807) is 52.6 Å². The zero-order valence-electron chi connectivity index (χ0n) is 37.1. The number of hydrogen-bond donors (Lipinski definition) is 6. The van der Waals surface area contributed by atoms with E-state index in [0.29, 0.717) is 36.4 Å². The average Bonchev–Trinajstić information content (AvgIpc) is 3.84. The molecule has 1 fully saturated rings. The number of aryl methyl sites for hydroxylation is 1. The van der Waals surface area contributed by atoms with Crippen molar-refractivity contribution in [3.8, 4) is 10.4 Å². The third-order valence-electron chi connectivity index (χ3n) is 11.0. The van der Waals surface area contributed by atoms with E-state index in [2.05, 4.69) is 52.3 Å². The number of likely N-dealkylation sites (tertiary alicyclic amines) is 1.